The van der Waals surface area contributed by atoms with Crippen molar-refractivity contribution < 1.29 is 9.84 Å². The summed E-state index contributed by atoms with van der Waals surface area (Å²) in [5, 5.41) is 9.14. The van der Waals surface area contributed by atoms with Gasteiger partial charge in [0, 0.05) is 18.1 Å². The van der Waals surface area contributed by atoms with E-state index in [1.807, 2.05) is 13.0 Å². The quantitative estimate of drug-likeness (QED) is 0.410. The van der Waals surface area contributed by atoms with Crippen molar-refractivity contribution in [2.24, 2.45) is 0 Å². The highest BCUT2D eigenvalue weighted by atomic mass is 35.5. The van der Waals surface area contributed by atoms with Crippen molar-refractivity contribution in [3.05, 3.63) is 24.0 Å². The van der Waals surface area contributed by atoms with Gasteiger partial charge in [-0.15, -0.1) is 11.6 Å². The first kappa shape index (κ1) is 11.5. The molecule has 0 bridgehead atoms. The van der Waals surface area contributed by atoms with Crippen LogP contribution in [-0.2, 0) is 4.74 Å². The van der Waals surface area contributed by atoms with Crippen molar-refractivity contribution in [2.45, 2.75) is 18.7 Å². The van der Waals surface area contributed by atoms with Crippen molar-refractivity contribution >= 4 is 11.6 Å². The summed E-state index contributed by atoms with van der Waals surface area (Å²) < 4.78 is 4.87. The van der Waals surface area contributed by atoms with Crippen LogP contribution in [0.3, 0.4) is 0 Å². The molecule has 0 amide bonds. The smallest absolute Gasteiger partial charge is 0.113 e. The van der Waals surface area contributed by atoms with Gasteiger partial charge in [-0.3, -0.25) is 0 Å². The van der Waals surface area contributed by atoms with Gasteiger partial charge in [-0.05, 0) is 13.3 Å². The highest BCUT2D eigenvalue weighted by molar-refractivity contribution is 6.20. The van der Waals surface area contributed by atoms with E-state index in [0.717, 1.165) is 0 Å². The van der Waals surface area contributed by atoms with Crippen LogP contribution in [-0.4, -0.2) is 24.2 Å². The third kappa shape index (κ3) is 5.22. The van der Waals surface area contributed by atoms with Gasteiger partial charge in [0.15, 0.2) is 0 Å². The number of methoxy groups -OCH3 is 1. The van der Waals surface area contributed by atoms with Crippen LogP contribution in [0.25, 0.3) is 0 Å². The van der Waals surface area contributed by atoms with Gasteiger partial charge < -0.3 is 9.84 Å². The molecule has 12 heavy (non-hydrogen) atoms. The lowest BCUT2D eigenvalue weighted by molar-refractivity contribution is 0.220. The minimum atomic E-state index is 0.0502. The molecule has 0 fully saturated rings. The third-order valence-corrected chi connectivity index (χ3v) is 1.54. The normalized spacial score (nSPS) is 14.4. The number of aliphatic hydroxyl groups is 1. The maximum absolute atomic E-state index is 9.07. The molecule has 0 rings (SSSR count). The maximum atomic E-state index is 9.07. The number of allylic oxidation sites excluding steroid dienone is 1. The van der Waals surface area contributed by atoms with Crippen LogP contribution in [0.4, 0.5) is 0 Å². The minimum Gasteiger partial charge on any atom is -0.508 e. The molecule has 0 unspecified atom stereocenters. The molecule has 0 radical (unpaired) electrons. The molecule has 0 aromatic rings. The van der Waals surface area contributed by atoms with Gasteiger partial charge in [-0.2, -0.15) is 0 Å². The van der Waals surface area contributed by atoms with Crippen LogP contribution in [0.2, 0.25) is 0 Å². The average Bonchev–Trinajstić information content (AvgIpc) is 1.96. The van der Waals surface area contributed by atoms with Crippen molar-refractivity contribution in [3.8, 4) is 0 Å². The molecular formula is C9H15ClO2. The Balaban J connectivity index is 4.09. The van der Waals surface area contributed by atoms with E-state index in [9.17, 15) is 0 Å². The van der Waals surface area contributed by atoms with Crippen molar-refractivity contribution in [3.63, 3.8) is 0 Å². The topological polar surface area (TPSA) is 29.5 Å². The lowest BCUT2D eigenvalue weighted by Crippen LogP contribution is -1.98. The number of rotatable bonds is 5. The van der Waals surface area contributed by atoms with Gasteiger partial charge in [-0.25, -0.2) is 0 Å². The van der Waals surface area contributed by atoms with E-state index in [1.54, 1.807) is 7.11 Å². The van der Waals surface area contributed by atoms with Gasteiger partial charge in [0.25, 0.3) is 0 Å². The summed E-state index contributed by atoms with van der Waals surface area (Å²) in [4.78, 5) is 0. The fourth-order valence-corrected chi connectivity index (χ4v) is 0.809. The van der Waals surface area contributed by atoms with Crippen molar-refractivity contribution in [1.82, 2.24) is 0 Å². The Morgan fingerprint density at radius 2 is 2.33 bits per heavy atom. The zero-order chi connectivity index (χ0) is 9.56. The number of alkyl halides is 1. The molecular weight excluding hydrogens is 176 g/mol. The molecule has 3 heteroatoms. The summed E-state index contributed by atoms with van der Waals surface area (Å²) in [6, 6.07) is 0. The summed E-state index contributed by atoms with van der Waals surface area (Å²) in [5.74, 6) is 0.0502. The summed E-state index contributed by atoms with van der Waals surface area (Å²) in [6.45, 7) is 5.68. The fourth-order valence-electron chi connectivity index (χ4n) is 0.720. The molecule has 0 aromatic heterocycles. The van der Waals surface area contributed by atoms with Crippen LogP contribution in [0.5, 0.6) is 0 Å². The predicted octanol–water partition coefficient (Wildman–Crippen LogP) is 2.65. The second-order valence-electron chi connectivity index (χ2n) is 2.63. The zero-order valence-corrected chi connectivity index (χ0v) is 8.27. The predicted molar refractivity (Wildman–Crippen MR) is 51.7 cm³/mol. The van der Waals surface area contributed by atoms with Gasteiger partial charge >= 0.3 is 0 Å². The third-order valence-electron chi connectivity index (χ3n) is 1.36. The second-order valence-corrected chi connectivity index (χ2v) is 3.37. The molecule has 0 heterocycles. The molecule has 2 nitrogen and oxygen atoms in total. The highest BCUT2D eigenvalue weighted by Gasteiger charge is 2.00. The number of aliphatic hydroxyl groups excluding tert-OH is 1. The first-order valence-corrected chi connectivity index (χ1v) is 4.21. The fraction of sp³-hybridized carbons (Fsp3) is 0.556. The van der Waals surface area contributed by atoms with E-state index in [1.165, 1.54) is 0 Å². The summed E-state index contributed by atoms with van der Waals surface area (Å²) in [7, 11) is 1.57. The maximum Gasteiger partial charge on any atom is 0.113 e. The van der Waals surface area contributed by atoms with Gasteiger partial charge in [0.05, 0.1) is 6.61 Å². The minimum absolute atomic E-state index is 0.0502. The Bertz CT molecular complexity index is 173. The lowest BCUT2D eigenvalue weighted by atomic mass is 10.2. The molecule has 0 aliphatic rings. The summed E-state index contributed by atoms with van der Waals surface area (Å²) in [5.41, 5.74) is 0.699. The van der Waals surface area contributed by atoms with Crippen molar-refractivity contribution in [2.75, 3.05) is 13.7 Å². The van der Waals surface area contributed by atoms with Crippen LogP contribution >= 0.6 is 11.6 Å². The molecule has 0 aromatic carbocycles. The lowest BCUT2D eigenvalue weighted by Gasteiger charge is -2.04. The van der Waals surface area contributed by atoms with Crippen LogP contribution in [0, 0.1) is 0 Å². The molecule has 0 aliphatic carbocycles. The molecule has 70 valence electrons. The van der Waals surface area contributed by atoms with E-state index in [-0.39, 0.29) is 11.1 Å². The van der Waals surface area contributed by atoms with Crippen LogP contribution in [0.15, 0.2) is 24.0 Å². The molecule has 0 saturated heterocycles. The zero-order valence-electron chi connectivity index (χ0n) is 7.51. The Kier molecular flexibility index (Phi) is 5.85. The number of ether oxygens (including phenoxy) is 1. The van der Waals surface area contributed by atoms with E-state index in [0.29, 0.717) is 18.6 Å². The van der Waals surface area contributed by atoms with Crippen LogP contribution in [0.1, 0.15) is 13.3 Å². The standard InChI is InChI=1S/C9H15ClO2/c1-7(10)4-5-9(6-12-3)8(2)11/h5,7,11H,2,4,6H2,1,3H3/b9-5-/t7-/m1/s1. The largest absolute Gasteiger partial charge is 0.508 e. The van der Waals surface area contributed by atoms with Crippen LogP contribution < -0.4 is 0 Å². The molecule has 1 N–H and O–H groups in total. The molecule has 0 spiro atoms. The number of halogens is 1. The van der Waals surface area contributed by atoms with E-state index < -0.39 is 0 Å². The highest BCUT2D eigenvalue weighted by Crippen LogP contribution is 2.09. The van der Waals surface area contributed by atoms with Crippen molar-refractivity contribution in [1.29, 1.82) is 0 Å². The average molecular weight is 191 g/mol. The molecule has 0 aliphatic heterocycles. The van der Waals surface area contributed by atoms with Gasteiger partial charge in [-0.1, -0.05) is 12.7 Å². The molecule has 0 saturated carbocycles. The monoisotopic (exact) mass is 190 g/mol. The summed E-state index contributed by atoms with van der Waals surface area (Å²) >= 11 is 5.73. The summed E-state index contributed by atoms with van der Waals surface area (Å²) in [6.07, 6.45) is 2.54. The Morgan fingerprint density at radius 3 is 2.67 bits per heavy atom. The first-order chi connectivity index (χ1) is 5.57. The first-order valence-electron chi connectivity index (χ1n) is 3.78. The van der Waals surface area contributed by atoms with E-state index >= 15 is 0 Å². The second kappa shape index (κ2) is 6.09. The van der Waals surface area contributed by atoms with E-state index in [4.69, 9.17) is 21.4 Å². The SMILES string of the molecule is C=C(O)/C(=C\C[C@@H](C)Cl)COC. The van der Waals surface area contributed by atoms with E-state index in [2.05, 4.69) is 6.58 Å². The Hall–Kier alpha value is -0.470. The number of hydrogen-bond donors (Lipinski definition) is 1. The van der Waals surface area contributed by atoms with Gasteiger partial charge in [0.1, 0.15) is 5.76 Å². The Labute approximate surface area is 78.5 Å². The van der Waals surface area contributed by atoms with Gasteiger partial charge in [0.2, 0.25) is 0 Å². The molecule has 1 atom stereocenters. The Morgan fingerprint density at radius 1 is 1.75 bits per heavy atom. The number of hydrogen-bond acceptors (Lipinski definition) is 2.